The number of amides is 1. The summed E-state index contributed by atoms with van der Waals surface area (Å²) >= 11 is 0. The number of methoxy groups -OCH3 is 1. The van der Waals surface area contributed by atoms with Crippen LogP contribution < -0.4 is 23.8 Å². The van der Waals surface area contributed by atoms with Gasteiger partial charge >= 0.3 is 0 Å². The van der Waals surface area contributed by atoms with E-state index in [-0.39, 0.29) is 24.9 Å². The Labute approximate surface area is 183 Å². The van der Waals surface area contributed by atoms with Crippen LogP contribution in [0.4, 0.5) is 5.69 Å². The monoisotopic (exact) mass is 448 g/mol. The van der Waals surface area contributed by atoms with E-state index >= 15 is 0 Å². The highest BCUT2D eigenvalue weighted by Gasteiger charge is 2.21. The van der Waals surface area contributed by atoms with Crippen LogP contribution >= 0.6 is 0 Å². The number of hydrogen-bond donors (Lipinski definition) is 1. The minimum absolute atomic E-state index is 0.157. The van der Waals surface area contributed by atoms with Crippen molar-refractivity contribution in [2.75, 3.05) is 37.4 Å². The maximum atomic E-state index is 12.4. The Morgan fingerprint density at radius 1 is 1.16 bits per heavy atom. The average molecular weight is 449 g/mol. The molecule has 3 rings (SSSR count). The number of anilines is 1. The van der Waals surface area contributed by atoms with Crippen LogP contribution in [0.25, 0.3) is 0 Å². The van der Waals surface area contributed by atoms with Gasteiger partial charge in [0, 0.05) is 13.0 Å². The van der Waals surface area contributed by atoms with Gasteiger partial charge in [0.05, 0.1) is 25.1 Å². The molecule has 1 amide bonds. The zero-order chi connectivity index (χ0) is 22.4. The Morgan fingerprint density at radius 3 is 2.58 bits per heavy atom. The molecule has 0 bridgehead atoms. The van der Waals surface area contributed by atoms with E-state index in [1.807, 2.05) is 25.1 Å². The second kappa shape index (κ2) is 9.91. The van der Waals surface area contributed by atoms with E-state index in [1.54, 1.807) is 24.3 Å². The molecule has 1 heterocycles. The summed E-state index contributed by atoms with van der Waals surface area (Å²) in [5.41, 5.74) is 1.36. The molecule has 1 N–H and O–H groups in total. The van der Waals surface area contributed by atoms with E-state index in [0.717, 1.165) is 11.8 Å². The predicted molar refractivity (Wildman–Crippen MR) is 118 cm³/mol. The van der Waals surface area contributed by atoms with Gasteiger partial charge in [-0.25, -0.2) is 8.42 Å². The molecule has 168 valence electrons. The van der Waals surface area contributed by atoms with Crippen LogP contribution in [0.3, 0.4) is 0 Å². The molecule has 1 atom stereocenters. The molecule has 0 saturated carbocycles. The van der Waals surface area contributed by atoms with Gasteiger partial charge in [-0.3, -0.25) is 9.10 Å². The van der Waals surface area contributed by atoms with Gasteiger partial charge in [0.1, 0.15) is 19.0 Å². The van der Waals surface area contributed by atoms with Gasteiger partial charge in [-0.1, -0.05) is 18.2 Å². The first-order chi connectivity index (χ1) is 14.8. The summed E-state index contributed by atoms with van der Waals surface area (Å²) in [5.74, 6) is 1.68. The molecule has 2 aromatic rings. The smallest absolute Gasteiger partial charge is 0.232 e. The van der Waals surface area contributed by atoms with Gasteiger partial charge in [-0.15, -0.1) is 0 Å². The predicted octanol–water partition coefficient (Wildman–Crippen LogP) is 2.89. The van der Waals surface area contributed by atoms with Crippen LogP contribution in [0.15, 0.2) is 42.5 Å². The van der Waals surface area contributed by atoms with Crippen molar-refractivity contribution in [2.24, 2.45) is 0 Å². The van der Waals surface area contributed by atoms with Crippen molar-refractivity contribution in [1.29, 1.82) is 0 Å². The first-order valence-electron chi connectivity index (χ1n) is 10.1. The Kier molecular flexibility index (Phi) is 7.27. The first-order valence-corrected chi connectivity index (χ1v) is 11.9. The number of carbonyl (C=O) groups is 1. The number of rotatable bonds is 9. The standard InChI is InChI=1S/C22H28N2O6S/c1-16(17-10-11-20-21(15-17)30-14-13-29-20)23-22(25)9-6-12-24(31(3,26)27)18-7-4-5-8-19(18)28-2/h4-5,7-8,10-11,15-16H,6,9,12-14H2,1-3H3,(H,23,25)/t16-/m1/s1. The molecule has 9 heteroatoms. The van der Waals surface area contributed by atoms with Crippen LogP contribution in [-0.4, -0.2) is 47.4 Å². The van der Waals surface area contributed by atoms with E-state index in [2.05, 4.69) is 5.32 Å². The Hall–Kier alpha value is -2.94. The van der Waals surface area contributed by atoms with Gasteiger partial charge in [-0.05, 0) is 43.2 Å². The summed E-state index contributed by atoms with van der Waals surface area (Å²) < 4.78 is 42.3. The quantitative estimate of drug-likeness (QED) is 0.634. The van der Waals surface area contributed by atoms with Gasteiger partial charge in [0.15, 0.2) is 11.5 Å². The number of hydrogen-bond acceptors (Lipinski definition) is 6. The Bertz CT molecular complexity index is 1020. The maximum absolute atomic E-state index is 12.4. The fourth-order valence-corrected chi connectivity index (χ4v) is 4.38. The highest BCUT2D eigenvalue weighted by molar-refractivity contribution is 7.92. The van der Waals surface area contributed by atoms with Gasteiger partial charge in [0.25, 0.3) is 0 Å². The van der Waals surface area contributed by atoms with Crippen molar-refractivity contribution in [3.63, 3.8) is 0 Å². The van der Waals surface area contributed by atoms with Gasteiger partial charge in [0.2, 0.25) is 15.9 Å². The van der Waals surface area contributed by atoms with Crippen LogP contribution in [0.1, 0.15) is 31.4 Å². The summed E-state index contributed by atoms with van der Waals surface area (Å²) in [7, 11) is -2.04. The van der Waals surface area contributed by atoms with Crippen LogP contribution in [0.2, 0.25) is 0 Å². The van der Waals surface area contributed by atoms with Crippen LogP contribution in [-0.2, 0) is 14.8 Å². The fourth-order valence-electron chi connectivity index (χ4n) is 3.41. The average Bonchev–Trinajstić information content (AvgIpc) is 2.75. The third kappa shape index (κ3) is 5.81. The number of fused-ring (bicyclic) bond motifs is 1. The fraction of sp³-hybridized carbons (Fsp3) is 0.409. The molecule has 0 fully saturated rings. The number of ether oxygens (including phenoxy) is 3. The van der Waals surface area contributed by atoms with Crippen LogP contribution in [0, 0.1) is 0 Å². The third-order valence-electron chi connectivity index (χ3n) is 4.96. The van der Waals surface area contributed by atoms with Crippen molar-refractivity contribution in [3.05, 3.63) is 48.0 Å². The molecule has 0 aromatic heterocycles. The van der Waals surface area contributed by atoms with Crippen LogP contribution in [0.5, 0.6) is 17.2 Å². The molecule has 8 nitrogen and oxygen atoms in total. The summed E-state index contributed by atoms with van der Waals surface area (Å²) in [6.45, 7) is 3.09. The molecule has 1 aliphatic rings. The molecule has 0 aliphatic carbocycles. The molecular weight excluding hydrogens is 420 g/mol. The van der Waals surface area contributed by atoms with Gasteiger partial charge < -0.3 is 19.5 Å². The van der Waals surface area contributed by atoms with E-state index in [4.69, 9.17) is 14.2 Å². The van der Waals surface area contributed by atoms with Crippen molar-refractivity contribution in [1.82, 2.24) is 5.32 Å². The zero-order valence-electron chi connectivity index (χ0n) is 18.0. The lowest BCUT2D eigenvalue weighted by atomic mass is 10.1. The lowest BCUT2D eigenvalue weighted by Gasteiger charge is -2.24. The molecule has 2 aromatic carbocycles. The highest BCUT2D eigenvalue weighted by atomic mass is 32.2. The summed E-state index contributed by atoms with van der Waals surface area (Å²) in [5, 5.41) is 2.95. The number of benzene rings is 2. The number of nitrogens with one attached hydrogen (secondary N) is 1. The number of para-hydroxylation sites is 2. The molecule has 0 spiro atoms. The maximum Gasteiger partial charge on any atom is 0.232 e. The minimum atomic E-state index is -3.53. The Balaban J connectivity index is 1.58. The third-order valence-corrected chi connectivity index (χ3v) is 6.14. The summed E-state index contributed by atoms with van der Waals surface area (Å²) in [4.78, 5) is 12.4. The number of nitrogens with zero attached hydrogens (tertiary/aromatic N) is 1. The van der Waals surface area contributed by atoms with E-state index < -0.39 is 10.0 Å². The van der Waals surface area contributed by atoms with Gasteiger partial charge in [-0.2, -0.15) is 0 Å². The second-order valence-electron chi connectivity index (χ2n) is 7.30. The van der Waals surface area contributed by atoms with Crippen molar-refractivity contribution in [3.8, 4) is 17.2 Å². The number of carbonyl (C=O) groups excluding carboxylic acids is 1. The van der Waals surface area contributed by atoms with E-state index in [9.17, 15) is 13.2 Å². The number of sulfonamides is 1. The van der Waals surface area contributed by atoms with E-state index in [1.165, 1.54) is 11.4 Å². The van der Waals surface area contributed by atoms with Crippen molar-refractivity contribution >= 4 is 21.6 Å². The molecule has 0 saturated heterocycles. The minimum Gasteiger partial charge on any atom is -0.495 e. The molecule has 31 heavy (non-hydrogen) atoms. The normalized spacial score (nSPS) is 13.9. The summed E-state index contributed by atoms with van der Waals surface area (Å²) in [6.07, 6.45) is 1.70. The molecule has 0 unspecified atom stereocenters. The molecule has 0 radical (unpaired) electrons. The lowest BCUT2D eigenvalue weighted by Crippen LogP contribution is -2.33. The topological polar surface area (TPSA) is 94.2 Å². The first kappa shape index (κ1) is 22.7. The van der Waals surface area contributed by atoms with Crippen molar-refractivity contribution < 1.29 is 27.4 Å². The molecular formula is C22H28N2O6S. The highest BCUT2D eigenvalue weighted by Crippen LogP contribution is 2.33. The lowest BCUT2D eigenvalue weighted by molar-refractivity contribution is -0.121. The zero-order valence-corrected chi connectivity index (χ0v) is 18.8. The summed E-state index contributed by atoms with van der Waals surface area (Å²) in [6, 6.07) is 12.3. The largest absolute Gasteiger partial charge is 0.495 e. The second-order valence-corrected chi connectivity index (χ2v) is 9.21. The van der Waals surface area contributed by atoms with Crippen molar-refractivity contribution in [2.45, 2.75) is 25.8 Å². The molecule has 1 aliphatic heterocycles. The SMILES string of the molecule is COc1ccccc1N(CCCC(=O)N[C@H](C)c1ccc2c(c1)OCCO2)S(C)(=O)=O. The Morgan fingerprint density at radius 2 is 1.87 bits per heavy atom. The van der Waals surface area contributed by atoms with E-state index in [0.29, 0.717) is 42.6 Å².